The average Bonchev–Trinajstić information content (AvgIpc) is 2.37. The number of aromatic nitrogens is 1. The first kappa shape index (κ1) is 15.2. The largest absolute Gasteiger partial charge is 0.323 e. The molecule has 1 aromatic rings. The van der Waals surface area contributed by atoms with Crippen LogP contribution in [-0.2, 0) is 10.0 Å². The van der Waals surface area contributed by atoms with Gasteiger partial charge in [-0.3, -0.25) is 10.8 Å². The van der Waals surface area contributed by atoms with Gasteiger partial charge in [-0.1, -0.05) is 6.92 Å². The lowest BCUT2D eigenvalue weighted by atomic mass is 10.2. The minimum atomic E-state index is -3.58. The third-order valence-electron chi connectivity index (χ3n) is 2.30. The van der Waals surface area contributed by atoms with Gasteiger partial charge < -0.3 is 5.43 Å². The molecule has 1 aromatic heterocycles. The molecule has 0 aliphatic rings. The van der Waals surface area contributed by atoms with Crippen molar-refractivity contribution in [3.63, 3.8) is 0 Å². The Labute approximate surface area is 112 Å². The van der Waals surface area contributed by atoms with Crippen LogP contribution in [0.3, 0.4) is 0 Å². The number of pyridine rings is 1. The molecule has 18 heavy (non-hydrogen) atoms. The van der Waals surface area contributed by atoms with Crippen LogP contribution >= 0.6 is 11.8 Å². The molecule has 6 nitrogen and oxygen atoms in total. The second kappa shape index (κ2) is 6.93. The van der Waals surface area contributed by atoms with Gasteiger partial charge in [0.1, 0.15) is 4.90 Å². The van der Waals surface area contributed by atoms with Gasteiger partial charge in [-0.05, 0) is 24.0 Å². The lowest BCUT2D eigenvalue weighted by Gasteiger charge is -2.13. The SMILES string of the molecule is CSCC(C)CNS(=O)(=O)c1cnccc1NN. The van der Waals surface area contributed by atoms with Gasteiger partial charge >= 0.3 is 0 Å². The third-order valence-corrected chi connectivity index (χ3v) is 4.66. The normalized spacial score (nSPS) is 13.3. The molecule has 0 spiro atoms. The number of thioether (sulfide) groups is 1. The molecular formula is C10H18N4O2S2. The van der Waals surface area contributed by atoms with Crippen molar-refractivity contribution in [2.45, 2.75) is 11.8 Å². The Hall–Kier alpha value is -0.830. The predicted octanol–water partition coefficient (Wildman–Crippen LogP) is 0.645. The fourth-order valence-electron chi connectivity index (χ4n) is 1.39. The van der Waals surface area contributed by atoms with Crippen LogP contribution in [0.2, 0.25) is 0 Å². The molecule has 1 rings (SSSR count). The highest BCUT2D eigenvalue weighted by molar-refractivity contribution is 7.98. The number of nitrogens with zero attached hydrogens (tertiary/aromatic N) is 1. The van der Waals surface area contributed by atoms with Crippen molar-refractivity contribution in [3.05, 3.63) is 18.5 Å². The second-order valence-corrected chi connectivity index (χ2v) is 6.57. The number of hydrazine groups is 1. The van der Waals surface area contributed by atoms with E-state index >= 15 is 0 Å². The van der Waals surface area contributed by atoms with E-state index in [-0.39, 0.29) is 10.8 Å². The maximum absolute atomic E-state index is 12.1. The smallest absolute Gasteiger partial charge is 0.244 e. The topological polar surface area (TPSA) is 97.1 Å². The number of nitrogen functional groups attached to an aromatic ring is 1. The van der Waals surface area contributed by atoms with Crippen molar-refractivity contribution in [2.24, 2.45) is 11.8 Å². The Morgan fingerprint density at radius 1 is 1.56 bits per heavy atom. The number of anilines is 1. The molecule has 102 valence electrons. The predicted molar refractivity (Wildman–Crippen MR) is 74.8 cm³/mol. The van der Waals surface area contributed by atoms with Crippen LogP contribution < -0.4 is 16.0 Å². The van der Waals surface area contributed by atoms with Crippen molar-refractivity contribution in [3.8, 4) is 0 Å². The Balaban J connectivity index is 2.80. The Bertz CT molecular complexity index is 479. The molecule has 8 heteroatoms. The van der Waals surface area contributed by atoms with Crippen LogP contribution in [0.25, 0.3) is 0 Å². The summed E-state index contributed by atoms with van der Waals surface area (Å²) in [4.78, 5) is 3.86. The summed E-state index contributed by atoms with van der Waals surface area (Å²) in [6.45, 7) is 2.38. The molecule has 0 aliphatic heterocycles. The van der Waals surface area contributed by atoms with Gasteiger partial charge in [0, 0.05) is 18.9 Å². The molecular weight excluding hydrogens is 272 g/mol. The summed E-state index contributed by atoms with van der Waals surface area (Å²) >= 11 is 1.68. The second-order valence-electron chi connectivity index (χ2n) is 3.93. The summed E-state index contributed by atoms with van der Waals surface area (Å²) in [5.74, 6) is 6.44. The van der Waals surface area contributed by atoms with Gasteiger partial charge in [0.15, 0.2) is 0 Å². The van der Waals surface area contributed by atoms with E-state index in [2.05, 4.69) is 15.1 Å². The van der Waals surface area contributed by atoms with Crippen LogP contribution in [0.1, 0.15) is 6.92 Å². The van der Waals surface area contributed by atoms with Crippen LogP contribution in [0, 0.1) is 5.92 Å². The zero-order valence-electron chi connectivity index (χ0n) is 10.4. The molecule has 4 N–H and O–H groups in total. The quantitative estimate of drug-likeness (QED) is 0.504. The van der Waals surface area contributed by atoms with E-state index in [1.165, 1.54) is 18.5 Å². The van der Waals surface area contributed by atoms with Gasteiger partial charge in [0.2, 0.25) is 10.0 Å². The van der Waals surface area contributed by atoms with E-state index in [0.29, 0.717) is 12.2 Å². The molecule has 0 aromatic carbocycles. The minimum absolute atomic E-state index is 0.0591. The molecule has 1 unspecified atom stereocenters. The fourth-order valence-corrected chi connectivity index (χ4v) is 3.35. The number of nitrogens with one attached hydrogen (secondary N) is 2. The molecule has 0 saturated heterocycles. The van der Waals surface area contributed by atoms with Crippen LogP contribution in [0.4, 0.5) is 5.69 Å². The van der Waals surface area contributed by atoms with E-state index in [1.807, 2.05) is 13.2 Å². The van der Waals surface area contributed by atoms with Crippen LogP contribution in [0.15, 0.2) is 23.4 Å². The lowest BCUT2D eigenvalue weighted by molar-refractivity contribution is 0.562. The number of hydrogen-bond donors (Lipinski definition) is 3. The van der Waals surface area contributed by atoms with Crippen molar-refractivity contribution in [2.75, 3.05) is 24.0 Å². The summed E-state index contributed by atoms with van der Waals surface area (Å²) in [6.07, 6.45) is 4.74. The molecule has 0 saturated carbocycles. The number of nitrogens with two attached hydrogens (primary N) is 1. The average molecular weight is 290 g/mol. The summed E-state index contributed by atoms with van der Waals surface area (Å²) in [7, 11) is -3.58. The van der Waals surface area contributed by atoms with Crippen molar-refractivity contribution in [1.82, 2.24) is 9.71 Å². The Kier molecular flexibility index (Phi) is 5.86. The summed E-state index contributed by atoms with van der Waals surface area (Å²) in [5, 5.41) is 0. The van der Waals surface area contributed by atoms with Gasteiger partial charge in [-0.2, -0.15) is 11.8 Å². The summed E-state index contributed by atoms with van der Waals surface area (Å²) in [5.41, 5.74) is 2.68. The maximum atomic E-state index is 12.1. The molecule has 0 amide bonds. The van der Waals surface area contributed by atoms with Crippen LogP contribution in [-0.4, -0.2) is 32.0 Å². The first-order chi connectivity index (χ1) is 8.51. The maximum Gasteiger partial charge on any atom is 0.244 e. The van der Waals surface area contributed by atoms with E-state index in [4.69, 9.17) is 5.84 Å². The van der Waals surface area contributed by atoms with Crippen molar-refractivity contribution < 1.29 is 8.42 Å². The molecule has 0 radical (unpaired) electrons. The molecule has 0 bridgehead atoms. The molecule has 1 heterocycles. The Morgan fingerprint density at radius 2 is 2.28 bits per heavy atom. The van der Waals surface area contributed by atoms with Gasteiger partial charge in [-0.15, -0.1) is 0 Å². The van der Waals surface area contributed by atoms with E-state index in [1.54, 1.807) is 11.8 Å². The zero-order valence-corrected chi connectivity index (χ0v) is 12.0. The van der Waals surface area contributed by atoms with Crippen molar-refractivity contribution >= 4 is 27.5 Å². The van der Waals surface area contributed by atoms with Gasteiger partial charge in [0.05, 0.1) is 5.69 Å². The standard InChI is InChI=1S/C10H18N4O2S2/c1-8(7-17-2)5-13-18(15,16)10-6-12-4-3-9(10)14-11/h3-4,6,8,13H,5,7,11H2,1-2H3,(H,12,14). The van der Waals surface area contributed by atoms with Crippen molar-refractivity contribution in [1.29, 1.82) is 0 Å². The van der Waals surface area contributed by atoms with E-state index in [9.17, 15) is 8.42 Å². The summed E-state index contributed by atoms with van der Waals surface area (Å²) in [6, 6.07) is 1.51. The minimum Gasteiger partial charge on any atom is -0.323 e. The molecule has 1 atom stereocenters. The number of rotatable bonds is 7. The van der Waals surface area contributed by atoms with Gasteiger partial charge in [-0.25, -0.2) is 13.1 Å². The van der Waals surface area contributed by atoms with Crippen LogP contribution in [0.5, 0.6) is 0 Å². The van der Waals surface area contributed by atoms with Gasteiger partial charge in [0.25, 0.3) is 0 Å². The third kappa shape index (κ3) is 4.13. The summed E-state index contributed by atoms with van der Waals surface area (Å²) < 4.78 is 26.7. The van der Waals surface area contributed by atoms with E-state index in [0.717, 1.165) is 5.75 Å². The monoisotopic (exact) mass is 290 g/mol. The fraction of sp³-hybridized carbons (Fsp3) is 0.500. The number of hydrogen-bond acceptors (Lipinski definition) is 6. The molecule has 0 fully saturated rings. The highest BCUT2D eigenvalue weighted by Crippen LogP contribution is 2.18. The molecule has 0 aliphatic carbocycles. The highest BCUT2D eigenvalue weighted by atomic mass is 32.2. The highest BCUT2D eigenvalue weighted by Gasteiger charge is 2.19. The van der Waals surface area contributed by atoms with E-state index < -0.39 is 10.0 Å². The first-order valence-corrected chi connectivity index (χ1v) is 8.28. The Morgan fingerprint density at radius 3 is 2.89 bits per heavy atom. The zero-order chi connectivity index (χ0) is 13.6. The number of sulfonamides is 1. The first-order valence-electron chi connectivity index (χ1n) is 5.40. The lowest BCUT2D eigenvalue weighted by Crippen LogP contribution is -2.30.